The number of fused-ring (bicyclic) bond motifs is 1. The summed E-state index contributed by atoms with van der Waals surface area (Å²) in [4.78, 5) is 28.6. The van der Waals surface area contributed by atoms with Crippen LogP contribution in [0.2, 0.25) is 0 Å². The van der Waals surface area contributed by atoms with Gasteiger partial charge in [0.1, 0.15) is 5.75 Å². The zero-order valence-electron chi connectivity index (χ0n) is 18.6. The SMILES string of the molecule is N/C=C(/CNC(=O)N1CC2CCN(C(=O)/C=C/c3ccc(OC(F)(F)F)cc3)CCC2C1)NN. The predicted molar refractivity (Wildman–Crippen MR) is 120 cm³/mol. The molecule has 2 unspecified atom stereocenters. The van der Waals surface area contributed by atoms with E-state index in [1.165, 1.54) is 36.5 Å². The van der Waals surface area contributed by atoms with Crippen LogP contribution in [0.25, 0.3) is 6.08 Å². The topological polar surface area (TPSA) is 126 Å². The summed E-state index contributed by atoms with van der Waals surface area (Å²) in [5.41, 5.74) is 8.92. The number of nitrogens with zero attached hydrogens (tertiary/aromatic N) is 2. The zero-order chi connectivity index (χ0) is 24.7. The molecular weight excluding hydrogens is 453 g/mol. The molecule has 2 aliphatic rings. The number of carbonyl (C=O) groups is 2. The van der Waals surface area contributed by atoms with E-state index in [1.54, 1.807) is 15.9 Å². The lowest BCUT2D eigenvalue weighted by Crippen LogP contribution is -2.42. The summed E-state index contributed by atoms with van der Waals surface area (Å²) in [6, 6.07) is 5.13. The first-order chi connectivity index (χ1) is 16.2. The fourth-order valence-corrected chi connectivity index (χ4v) is 4.23. The van der Waals surface area contributed by atoms with E-state index < -0.39 is 6.36 Å². The van der Waals surface area contributed by atoms with E-state index >= 15 is 0 Å². The number of hydrazine groups is 1. The van der Waals surface area contributed by atoms with E-state index in [0.29, 0.717) is 49.3 Å². The van der Waals surface area contributed by atoms with Gasteiger partial charge in [-0.15, -0.1) is 13.2 Å². The molecule has 12 heteroatoms. The van der Waals surface area contributed by atoms with Crippen LogP contribution in [-0.2, 0) is 4.79 Å². The monoisotopic (exact) mass is 482 g/mol. The molecule has 6 N–H and O–H groups in total. The highest BCUT2D eigenvalue weighted by Gasteiger charge is 2.37. The zero-order valence-corrected chi connectivity index (χ0v) is 18.6. The molecule has 0 saturated carbocycles. The maximum absolute atomic E-state index is 12.6. The number of carbonyl (C=O) groups excluding carboxylic acids is 2. The third-order valence-corrected chi connectivity index (χ3v) is 6.06. The van der Waals surface area contributed by atoms with Crippen LogP contribution in [0.5, 0.6) is 5.75 Å². The maximum atomic E-state index is 12.6. The Balaban J connectivity index is 1.47. The molecule has 0 aromatic heterocycles. The number of hydrogen-bond donors (Lipinski definition) is 4. The second-order valence-corrected chi connectivity index (χ2v) is 8.27. The second-order valence-electron chi connectivity index (χ2n) is 8.27. The van der Waals surface area contributed by atoms with Crippen molar-refractivity contribution in [3.63, 3.8) is 0 Å². The Kier molecular flexibility index (Phi) is 8.26. The van der Waals surface area contributed by atoms with E-state index in [-0.39, 0.29) is 24.2 Å². The highest BCUT2D eigenvalue weighted by molar-refractivity contribution is 5.91. The Labute approximate surface area is 195 Å². The first-order valence-electron chi connectivity index (χ1n) is 10.9. The average Bonchev–Trinajstić information content (AvgIpc) is 3.11. The number of alkyl halides is 3. The summed E-state index contributed by atoms with van der Waals surface area (Å²) in [6.07, 6.45) is 1.12. The van der Waals surface area contributed by atoms with Crippen molar-refractivity contribution in [2.24, 2.45) is 23.4 Å². The van der Waals surface area contributed by atoms with Crippen molar-refractivity contribution in [3.05, 3.63) is 47.8 Å². The quantitative estimate of drug-likeness (QED) is 0.278. The molecule has 2 aliphatic heterocycles. The molecule has 9 nitrogen and oxygen atoms in total. The normalized spacial score (nSPS) is 21.2. The molecule has 0 bridgehead atoms. The van der Waals surface area contributed by atoms with Crippen LogP contribution in [-0.4, -0.2) is 60.8 Å². The van der Waals surface area contributed by atoms with E-state index in [0.717, 1.165) is 12.8 Å². The van der Waals surface area contributed by atoms with Crippen molar-refractivity contribution >= 4 is 18.0 Å². The van der Waals surface area contributed by atoms with Crippen LogP contribution in [0, 0.1) is 11.8 Å². The number of ether oxygens (including phenoxy) is 1. The van der Waals surface area contributed by atoms with Gasteiger partial charge in [0.25, 0.3) is 0 Å². The number of hydrogen-bond acceptors (Lipinski definition) is 6. The smallest absolute Gasteiger partial charge is 0.406 e. The standard InChI is InChI=1S/C22H29F3N6O3/c23-22(24,25)34-19-4-1-15(2-5-19)3-6-20(32)30-9-7-16-13-31(14-17(16)8-10-30)21(33)28-12-18(11-26)29-27/h1-6,11,16-17,29H,7-10,12-14,26-27H2,(H,28,33)/b6-3+,18-11-. The lowest BCUT2D eigenvalue weighted by atomic mass is 9.92. The minimum atomic E-state index is -4.74. The van der Waals surface area contributed by atoms with Gasteiger partial charge in [0.15, 0.2) is 0 Å². The third-order valence-electron chi connectivity index (χ3n) is 6.06. The largest absolute Gasteiger partial charge is 0.573 e. The fourth-order valence-electron chi connectivity index (χ4n) is 4.23. The molecular formula is C22H29F3N6O3. The molecule has 1 aromatic carbocycles. The Morgan fingerprint density at radius 1 is 1.09 bits per heavy atom. The molecule has 2 atom stereocenters. The van der Waals surface area contributed by atoms with Crippen molar-refractivity contribution in [2.75, 3.05) is 32.7 Å². The highest BCUT2D eigenvalue weighted by Crippen LogP contribution is 2.32. The molecule has 34 heavy (non-hydrogen) atoms. The molecule has 0 spiro atoms. The fraction of sp³-hybridized carbons (Fsp3) is 0.455. The average molecular weight is 483 g/mol. The van der Waals surface area contributed by atoms with E-state index in [2.05, 4.69) is 15.5 Å². The Hall–Kier alpha value is -3.41. The molecule has 2 heterocycles. The van der Waals surface area contributed by atoms with Gasteiger partial charge < -0.3 is 31.0 Å². The number of urea groups is 1. The van der Waals surface area contributed by atoms with E-state index in [1.807, 2.05) is 0 Å². The number of nitrogens with one attached hydrogen (secondary N) is 2. The Bertz CT molecular complexity index is 903. The lowest BCUT2D eigenvalue weighted by molar-refractivity contribution is -0.274. The van der Waals surface area contributed by atoms with Crippen LogP contribution >= 0.6 is 0 Å². The molecule has 0 radical (unpaired) electrons. The van der Waals surface area contributed by atoms with Gasteiger partial charge in [-0.3, -0.25) is 10.6 Å². The van der Waals surface area contributed by atoms with Gasteiger partial charge in [-0.2, -0.15) is 0 Å². The summed E-state index contributed by atoms with van der Waals surface area (Å²) in [6.45, 7) is 2.62. The van der Waals surface area contributed by atoms with Crippen LogP contribution in [0.4, 0.5) is 18.0 Å². The van der Waals surface area contributed by atoms with Gasteiger partial charge in [-0.05, 0) is 48.4 Å². The van der Waals surface area contributed by atoms with Gasteiger partial charge in [0.05, 0.1) is 12.2 Å². The first kappa shape index (κ1) is 25.2. The summed E-state index contributed by atoms with van der Waals surface area (Å²) >= 11 is 0. The third kappa shape index (κ3) is 7.04. The van der Waals surface area contributed by atoms with Crippen molar-refractivity contribution in [1.82, 2.24) is 20.5 Å². The number of amides is 3. The van der Waals surface area contributed by atoms with Crippen LogP contribution < -0.4 is 27.1 Å². The van der Waals surface area contributed by atoms with Gasteiger partial charge in [0.2, 0.25) is 5.91 Å². The summed E-state index contributed by atoms with van der Waals surface area (Å²) in [5, 5.41) is 2.78. The predicted octanol–water partition coefficient (Wildman–Crippen LogP) is 1.74. The lowest BCUT2D eigenvalue weighted by Gasteiger charge is -2.21. The van der Waals surface area contributed by atoms with Gasteiger partial charge >= 0.3 is 12.4 Å². The number of rotatable bonds is 6. The van der Waals surface area contributed by atoms with E-state index in [4.69, 9.17) is 11.6 Å². The molecule has 1 aromatic rings. The second kappa shape index (κ2) is 11.1. The Morgan fingerprint density at radius 3 is 2.24 bits per heavy atom. The van der Waals surface area contributed by atoms with Crippen molar-refractivity contribution in [2.45, 2.75) is 19.2 Å². The van der Waals surface area contributed by atoms with Gasteiger partial charge in [-0.1, -0.05) is 12.1 Å². The van der Waals surface area contributed by atoms with E-state index in [9.17, 15) is 22.8 Å². The van der Waals surface area contributed by atoms with Gasteiger partial charge in [-0.25, -0.2) is 4.79 Å². The molecule has 3 amide bonds. The van der Waals surface area contributed by atoms with Gasteiger partial charge in [0, 0.05) is 38.5 Å². The Morgan fingerprint density at radius 2 is 1.71 bits per heavy atom. The number of nitrogens with two attached hydrogens (primary N) is 2. The summed E-state index contributed by atoms with van der Waals surface area (Å²) in [5.74, 6) is 5.47. The number of halogens is 3. The number of benzene rings is 1. The maximum Gasteiger partial charge on any atom is 0.573 e. The summed E-state index contributed by atoms with van der Waals surface area (Å²) < 4.78 is 40.6. The van der Waals surface area contributed by atoms with Crippen LogP contribution in [0.15, 0.2) is 42.2 Å². The summed E-state index contributed by atoms with van der Waals surface area (Å²) in [7, 11) is 0. The van der Waals surface area contributed by atoms with Crippen LogP contribution in [0.1, 0.15) is 18.4 Å². The minimum absolute atomic E-state index is 0.152. The van der Waals surface area contributed by atoms with Crippen molar-refractivity contribution in [3.8, 4) is 5.75 Å². The molecule has 2 saturated heterocycles. The molecule has 3 rings (SSSR count). The first-order valence-corrected chi connectivity index (χ1v) is 10.9. The highest BCUT2D eigenvalue weighted by atomic mass is 19.4. The number of likely N-dealkylation sites (tertiary alicyclic amines) is 2. The molecule has 186 valence electrons. The van der Waals surface area contributed by atoms with Crippen LogP contribution in [0.3, 0.4) is 0 Å². The van der Waals surface area contributed by atoms with Crippen molar-refractivity contribution < 1.29 is 27.5 Å². The van der Waals surface area contributed by atoms with Crippen molar-refractivity contribution in [1.29, 1.82) is 0 Å². The minimum Gasteiger partial charge on any atom is -0.406 e. The molecule has 2 fully saturated rings. The molecule has 0 aliphatic carbocycles.